The van der Waals surface area contributed by atoms with E-state index in [1.165, 1.54) is 16.8 Å². The number of hydrogen-bond donors (Lipinski definition) is 2. The SMILES string of the molecule is CCNC(=NCC1CC(=O)N(CCc2ccccc2)C1)NCCN1c2ccccc2CC1C. The van der Waals surface area contributed by atoms with Gasteiger partial charge in [0.1, 0.15) is 0 Å². The van der Waals surface area contributed by atoms with E-state index in [1.54, 1.807) is 0 Å². The lowest BCUT2D eigenvalue weighted by Crippen LogP contribution is -2.43. The van der Waals surface area contributed by atoms with Crippen LogP contribution in [-0.4, -0.2) is 62.1 Å². The van der Waals surface area contributed by atoms with Gasteiger partial charge in [-0.1, -0.05) is 48.5 Å². The molecule has 0 aliphatic carbocycles. The lowest BCUT2D eigenvalue weighted by Gasteiger charge is -2.25. The lowest BCUT2D eigenvalue weighted by atomic mass is 10.1. The largest absolute Gasteiger partial charge is 0.367 e. The molecule has 176 valence electrons. The van der Waals surface area contributed by atoms with Crippen molar-refractivity contribution in [2.45, 2.75) is 39.2 Å². The minimum Gasteiger partial charge on any atom is -0.367 e. The Balaban J connectivity index is 1.25. The van der Waals surface area contributed by atoms with Crippen LogP contribution in [0.25, 0.3) is 0 Å². The van der Waals surface area contributed by atoms with Crippen molar-refractivity contribution in [3.63, 3.8) is 0 Å². The fraction of sp³-hybridized carbons (Fsp3) is 0.481. The Morgan fingerprint density at radius 3 is 2.64 bits per heavy atom. The van der Waals surface area contributed by atoms with Crippen molar-refractivity contribution in [3.8, 4) is 0 Å². The fourth-order valence-electron chi connectivity index (χ4n) is 4.93. The zero-order chi connectivity index (χ0) is 23.0. The predicted molar refractivity (Wildman–Crippen MR) is 136 cm³/mol. The van der Waals surface area contributed by atoms with Crippen molar-refractivity contribution in [1.82, 2.24) is 15.5 Å². The fourth-order valence-corrected chi connectivity index (χ4v) is 4.93. The molecule has 4 rings (SSSR count). The van der Waals surface area contributed by atoms with E-state index in [9.17, 15) is 4.79 Å². The molecule has 1 fully saturated rings. The summed E-state index contributed by atoms with van der Waals surface area (Å²) in [6.07, 6.45) is 2.62. The number of aliphatic imine (C=N–C) groups is 1. The molecule has 2 atom stereocenters. The summed E-state index contributed by atoms with van der Waals surface area (Å²) in [5.74, 6) is 1.38. The first kappa shape index (κ1) is 23.1. The molecule has 2 aliphatic heterocycles. The second kappa shape index (κ2) is 11.2. The van der Waals surface area contributed by atoms with Crippen LogP contribution in [0.3, 0.4) is 0 Å². The van der Waals surface area contributed by atoms with Crippen molar-refractivity contribution in [2.75, 3.05) is 44.2 Å². The Kier molecular flexibility index (Phi) is 7.87. The molecule has 2 aromatic rings. The Morgan fingerprint density at radius 2 is 1.82 bits per heavy atom. The highest BCUT2D eigenvalue weighted by Gasteiger charge is 2.29. The molecule has 0 saturated carbocycles. The molecule has 0 spiro atoms. The van der Waals surface area contributed by atoms with E-state index < -0.39 is 0 Å². The molecule has 0 aromatic heterocycles. The first-order valence-electron chi connectivity index (χ1n) is 12.3. The predicted octanol–water partition coefficient (Wildman–Crippen LogP) is 3.08. The van der Waals surface area contributed by atoms with Gasteiger partial charge in [0, 0.05) is 63.3 Å². The van der Waals surface area contributed by atoms with Crippen LogP contribution in [0.15, 0.2) is 59.6 Å². The highest BCUT2D eigenvalue weighted by Crippen LogP contribution is 2.31. The minimum absolute atomic E-state index is 0.255. The van der Waals surface area contributed by atoms with Gasteiger partial charge in [0.15, 0.2) is 5.96 Å². The number of carbonyl (C=O) groups is 1. The van der Waals surface area contributed by atoms with Crippen LogP contribution in [0.5, 0.6) is 0 Å². The smallest absolute Gasteiger partial charge is 0.223 e. The number of nitrogens with one attached hydrogen (secondary N) is 2. The van der Waals surface area contributed by atoms with Crippen LogP contribution in [0, 0.1) is 5.92 Å². The Bertz CT molecular complexity index is 945. The van der Waals surface area contributed by atoms with Crippen molar-refractivity contribution in [2.24, 2.45) is 10.9 Å². The van der Waals surface area contributed by atoms with E-state index in [0.29, 0.717) is 19.0 Å². The summed E-state index contributed by atoms with van der Waals surface area (Å²) in [4.78, 5) is 21.8. The molecule has 2 unspecified atom stereocenters. The van der Waals surface area contributed by atoms with Gasteiger partial charge in [-0.3, -0.25) is 9.79 Å². The first-order valence-corrected chi connectivity index (χ1v) is 12.3. The molecule has 2 aromatic carbocycles. The van der Waals surface area contributed by atoms with E-state index in [2.05, 4.69) is 77.9 Å². The van der Waals surface area contributed by atoms with E-state index in [0.717, 1.165) is 51.5 Å². The third-order valence-corrected chi connectivity index (χ3v) is 6.65. The van der Waals surface area contributed by atoms with E-state index >= 15 is 0 Å². The molecular formula is C27H37N5O. The van der Waals surface area contributed by atoms with Crippen molar-refractivity contribution < 1.29 is 4.79 Å². The maximum Gasteiger partial charge on any atom is 0.223 e. The molecule has 2 N–H and O–H groups in total. The standard InChI is InChI=1S/C27H37N5O/c1-3-28-27(29-14-16-32-21(2)17-24-11-7-8-12-25(24)32)30-19-23-18-26(33)31(20-23)15-13-22-9-5-4-6-10-22/h4-12,21,23H,3,13-20H2,1-2H3,(H2,28,29,30). The van der Waals surface area contributed by atoms with E-state index in [-0.39, 0.29) is 11.8 Å². The molecule has 2 aliphatic rings. The van der Waals surface area contributed by atoms with Crippen molar-refractivity contribution in [3.05, 3.63) is 65.7 Å². The summed E-state index contributed by atoms with van der Waals surface area (Å²) < 4.78 is 0. The third kappa shape index (κ3) is 6.06. The number of carbonyl (C=O) groups excluding carboxylic acids is 1. The van der Waals surface area contributed by atoms with Gasteiger partial charge in [-0.05, 0) is 43.9 Å². The molecule has 0 bridgehead atoms. The van der Waals surface area contributed by atoms with Crippen LogP contribution >= 0.6 is 0 Å². The average molecular weight is 448 g/mol. The van der Waals surface area contributed by atoms with Crippen LogP contribution < -0.4 is 15.5 Å². The summed E-state index contributed by atoms with van der Waals surface area (Å²) >= 11 is 0. The van der Waals surface area contributed by atoms with E-state index in [4.69, 9.17) is 4.99 Å². The summed E-state index contributed by atoms with van der Waals surface area (Å²) in [6, 6.07) is 19.6. The van der Waals surface area contributed by atoms with Gasteiger partial charge in [-0.25, -0.2) is 0 Å². The maximum atomic E-state index is 12.5. The van der Waals surface area contributed by atoms with Gasteiger partial charge in [-0.2, -0.15) is 0 Å². The Labute approximate surface area is 198 Å². The van der Waals surface area contributed by atoms with E-state index in [1.807, 2.05) is 11.0 Å². The number of hydrogen-bond acceptors (Lipinski definition) is 3. The van der Waals surface area contributed by atoms with Crippen molar-refractivity contribution >= 4 is 17.6 Å². The topological polar surface area (TPSA) is 60.0 Å². The quantitative estimate of drug-likeness (QED) is 0.458. The Morgan fingerprint density at radius 1 is 1.03 bits per heavy atom. The minimum atomic E-state index is 0.255. The van der Waals surface area contributed by atoms with Crippen LogP contribution in [-0.2, 0) is 17.6 Å². The Hall–Kier alpha value is -3.02. The zero-order valence-electron chi connectivity index (χ0n) is 20.0. The third-order valence-electron chi connectivity index (χ3n) is 6.65. The zero-order valence-corrected chi connectivity index (χ0v) is 20.0. The number of rotatable bonds is 9. The monoisotopic (exact) mass is 447 g/mol. The molecule has 1 saturated heterocycles. The molecular weight excluding hydrogens is 410 g/mol. The molecule has 6 heteroatoms. The summed E-state index contributed by atoms with van der Waals surface area (Å²) in [5.41, 5.74) is 4.07. The average Bonchev–Trinajstić information content (AvgIpc) is 3.35. The second-order valence-electron chi connectivity index (χ2n) is 9.17. The first-order chi connectivity index (χ1) is 16.1. The van der Waals surface area contributed by atoms with Crippen LogP contribution in [0.2, 0.25) is 0 Å². The summed E-state index contributed by atoms with van der Waals surface area (Å²) in [6.45, 7) is 9.23. The van der Waals surface area contributed by atoms with Gasteiger partial charge in [0.05, 0.1) is 0 Å². The summed E-state index contributed by atoms with van der Waals surface area (Å²) in [5, 5.41) is 6.84. The highest BCUT2D eigenvalue weighted by molar-refractivity contribution is 5.80. The molecule has 33 heavy (non-hydrogen) atoms. The number of para-hydroxylation sites is 1. The van der Waals surface area contributed by atoms with Gasteiger partial charge < -0.3 is 20.4 Å². The molecule has 6 nitrogen and oxygen atoms in total. The van der Waals surface area contributed by atoms with Gasteiger partial charge in [-0.15, -0.1) is 0 Å². The number of benzene rings is 2. The number of guanidine groups is 1. The number of amides is 1. The lowest BCUT2D eigenvalue weighted by molar-refractivity contribution is -0.127. The molecule has 0 radical (unpaired) electrons. The number of likely N-dealkylation sites (tertiary alicyclic amines) is 1. The summed E-state index contributed by atoms with van der Waals surface area (Å²) in [7, 11) is 0. The van der Waals surface area contributed by atoms with Crippen molar-refractivity contribution in [1.29, 1.82) is 0 Å². The highest BCUT2D eigenvalue weighted by atomic mass is 16.2. The number of anilines is 1. The number of fused-ring (bicyclic) bond motifs is 1. The van der Waals surface area contributed by atoms with Crippen LogP contribution in [0.1, 0.15) is 31.4 Å². The second-order valence-corrected chi connectivity index (χ2v) is 9.17. The number of nitrogens with zero attached hydrogens (tertiary/aromatic N) is 3. The van der Waals surface area contributed by atoms with Crippen LogP contribution in [0.4, 0.5) is 5.69 Å². The molecule has 1 amide bonds. The van der Waals surface area contributed by atoms with Gasteiger partial charge in [0.25, 0.3) is 0 Å². The van der Waals surface area contributed by atoms with Gasteiger partial charge in [0.2, 0.25) is 5.91 Å². The molecule has 2 heterocycles. The van der Waals surface area contributed by atoms with Gasteiger partial charge >= 0.3 is 0 Å². The normalized spacial score (nSPS) is 20.3. The maximum absolute atomic E-state index is 12.5.